The minimum atomic E-state index is -0.212. The molecule has 2 aliphatic heterocycles. The molecule has 1 aromatic heterocycles. The lowest BCUT2D eigenvalue weighted by Gasteiger charge is -2.33. The number of ether oxygens (including phenoxy) is 1. The van der Waals surface area contributed by atoms with Gasteiger partial charge in [-0.15, -0.1) is 5.10 Å². The van der Waals surface area contributed by atoms with Crippen LogP contribution in [0.1, 0.15) is 43.1 Å². The van der Waals surface area contributed by atoms with Gasteiger partial charge in [-0.3, -0.25) is 4.79 Å². The van der Waals surface area contributed by atoms with Crippen LogP contribution in [0.15, 0.2) is 24.3 Å². The fourth-order valence-corrected chi connectivity index (χ4v) is 4.59. The Balaban J connectivity index is 1.64. The average molecular weight is 406 g/mol. The number of piperidine rings is 1. The molecule has 0 spiro atoms. The van der Waals surface area contributed by atoms with Crippen LogP contribution in [0.2, 0.25) is 5.02 Å². The Morgan fingerprint density at radius 1 is 1.32 bits per heavy atom. The summed E-state index contributed by atoms with van der Waals surface area (Å²) in [5.74, 6) is 0.520. The van der Waals surface area contributed by atoms with Gasteiger partial charge in [0.05, 0.1) is 30.8 Å². The number of carbonyl (C=O) groups excluding carboxylic acids is 1. The van der Waals surface area contributed by atoms with Gasteiger partial charge >= 0.3 is 0 Å². The summed E-state index contributed by atoms with van der Waals surface area (Å²) in [5.41, 5.74) is 6.51. The zero-order chi connectivity index (χ0) is 19.5. The number of amides is 1. The van der Waals surface area contributed by atoms with E-state index in [4.69, 9.17) is 22.1 Å². The fourth-order valence-electron chi connectivity index (χ4n) is 4.34. The Kier molecular flexibility index (Phi) is 5.89. The molecule has 2 atom stereocenters. The lowest BCUT2D eigenvalue weighted by atomic mass is 9.93. The molecule has 2 fully saturated rings. The number of nitrogens with two attached hydrogens (primary N) is 1. The minimum absolute atomic E-state index is 0.0569. The summed E-state index contributed by atoms with van der Waals surface area (Å²) in [4.78, 5) is 12.9. The number of quaternary nitrogens is 1. The van der Waals surface area contributed by atoms with Gasteiger partial charge in [0.1, 0.15) is 0 Å². The van der Waals surface area contributed by atoms with Crippen molar-refractivity contribution in [2.75, 3.05) is 19.7 Å². The number of likely N-dealkylation sites (tertiary alicyclic amines) is 1. The van der Waals surface area contributed by atoms with E-state index in [-0.39, 0.29) is 24.0 Å². The number of nitrogens with zero attached hydrogens (tertiary/aromatic N) is 4. The molecule has 2 aromatic rings. The molecule has 0 bridgehead atoms. The molecule has 8 nitrogen and oxygen atoms in total. The van der Waals surface area contributed by atoms with E-state index in [0.29, 0.717) is 11.6 Å². The second kappa shape index (κ2) is 8.55. The number of tetrazole rings is 1. The second-order valence-electron chi connectivity index (χ2n) is 7.64. The Hall–Kier alpha value is -2.03. The molecule has 0 radical (unpaired) electrons. The largest absolute Gasteiger partial charge is 0.376 e. The molecule has 4 rings (SSSR count). The zero-order valence-corrected chi connectivity index (χ0v) is 16.5. The molecule has 0 saturated carbocycles. The highest BCUT2D eigenvalue weighted by atomic mass is 35.5. The maximum absolute atomic E-state index is 11.6. The summed E-state index contributed by atoms with van der Waals surface area (Å²) < 4.78 is 7.63. The molecule has 150 valence electrons. The molecule has 0 unspecified atom stereocenters. The van der Waals surface area contributed by atoms with Gasteiger partial charge in [0.15, 0.2) is 6.04 Å². The highest BCUT2D eigenvalue weighted by Crippen LogP contribution is 2.26. The number of hydrogen-bond acceptors (Lipinski definition) is 5. The van der Waals surface area contributed by atoms with Crippen LogP contribution in [0.4, 0.5) is 0 Å². The van der Waals surface area contributed by atoms with Gasteiger partial charge in [-0.1, -0.05) is 29.8 Å². The molecule has 3 N–H and O–H groups in total. The summed E-state index contributed by atoms with van der Waals surface area (Å²) in [7, 11) is 0. The van der Waals surface area contributed by atoms with E-state index >= 15 is 0 Å². The zero-order valence-electron chi connectivity index (χ0n) is 15.8. The molecule has 2 aliphatic rings. The van der Waals surface area contributed by atoms with Gasteiger partial charge in [-0.25, -0.2) is 4.68 Å². The maximum Gasteiger partial charge on any atom is 0.220 e. The third kappa shape index (κ3) is 4.04. The number of nitrogens with one attached hydrogen (secondary N) is 1. The van der Waals surface area contributed by atoms with E-state index in [1.807, 2.05) is 28.9 Å². The van der Waals surface area contributed by atoms with Crippen LogP contribution in [0.3, 0.4) is 0 Å². The van der Waals surface area contributed by atoms with Crippen molar-refractivity contribution in [1.29, 1.82) is 0 Å². The monoisotopic (exact) mass is 405 g/mol. The SMILES string of the molecule is NC(=O)C1CC[NH+]([C@H](c2ccccc2Cl)c2nnnn2C[C@@H]2CCCO2)CC1. The van der Waals surface area contributed by atoms with Gasteiger partial charge in [0.2, 0.25) is 11.7 Å². The third-order valence-electron chi connectivity index (χ3n) is 5.87. The summed E-state index contributed by atoms with van der Waals surface area (Å²) in [6.07, 6.45) is 3.76. The maximum atomic E-state index is 11.6. The lowest BCUT2D eigenvalue weighted by Crippen LogP contribution is -3.13. The lowest BCUT2D eigenvalue weighted by molar-refractivity contribution is -0.931. The molecule has 9 heteroatoms. The van der Waals surface area contributed by atoms with Crippen molar-refractivity contribution in [1.82, 2.24) is 20.2 Å². The first-order valence-electron chi connectivity index (χ1n) is 9.89. The average Bonchev–Trinajstić information content (AvgIpc) is 3.37. The second-order valence-corrected chi connectivity index (χ2v) is 8.05. The van der Waals surface area contributed by atoms with Crippen LogP contribution in [0.25, 0.3) is 0 Å². The highest BCUT2D eigenvalue weighted by molar-refractivity contribution is 6.31. The Morgan fingerprint density at radius 2 is 2.11 bits per heavy atom. The number of halogens is 1. The quantitative estimate of drug-likeness (QED) is 0.723. The van der Waals surface area contributed by atoms with E-state index < -0.39 is 0 Å². The van der Waals surface area contributed by atoms with Gasteiger partial charge in [0, 0.05) is 30.9 Å². The molecule has 3 heterocycles. The minimum Gasteiger partial charge on any atom is -0.376 e. The molecule has 2 saturated heterocycles. The number of benzene rings is 1. The smallest absolute Gasteiger partial charge is 0.220 e. The number of aromatic nitrogens is 4. The van der Waals surface area contributed by atoms with Gasteiger partial charge in [0.25, 0.3) is 0 Å². The molecule has 1 aromatic carbocycles. The van der Waals surface area contributed by atoms with Crippen molar-refractivity contribution < 1.29 is 14.4 Å². The first-order valence-corrected chi connectivity index (χ1v) is 10.3. The van der Waals surface area contributed by atoms with Crippen LogP contribution in [0.5, 0.6) is 0 Å². The van der Waals surface area contributed by atoms with Crippen LogP contribution >= 0.6 is 11.6 Å². The summed E-state index contributed by atoms with van der Waals surface area (Å²) in [6.45, 7) is 3.06. The predicted molar refractivity (Wildman–Crippen MR) is 103 cm³/mol. The van der Waals surface area contributed by atoms with E-state index in [9.17, 15) is 4.79 Å². The van der Waals surface area contributed by atoms with Crippen LogP contribution in [0, 0.1) is 5.92 Å². The Labute approximate surface area is 169 Å². The molecule has 28 heavy (non-hydrogen) atoms. The number of primary amides is 1. The molecule has 1 amide bonds. The van der Waals surface area contributed by atoms with Crippen molar-refractivity contribution >= 4 is 17.5 Å². The van der Waals surface area contributed by atoms with Gasteiger partial charge in [-0.05, 0) is 29.3 Å². The highest BCUT2D eigenvalue weighted by Gasteiger charge is 2.37. The summed E-state index contributed by atoms with van der Waals surface area (Å²) in [6, 6.07) is 7.74. The third-order valence-corrected chi connectivity index (χ3v) is 6.22. The summed E-state index contributed by atoms with van der Waals surface area (Å²) in [5, 5.41) is 13.3. The predicted octanol–water partition coefficient (Wildman–Crippen LogP) is 0.375. The first-order chi connectivity index (χ1) is 13.6. The van der Waals surface area contributed by atoms with Crippen molar-refractivity contribution in [3.63, 3.8) is 0 Å². The molecular formula is C19H26ClN6O2+. The van der Waals surface area contributed by atoms with Gasteiger partial charge < -0.3 is 15.4 Å². The van der Waals surface area contributed by atoms with Crippen molar-refractivity contribution in [2.24, 2.45) is 11.7 Å². The Morgan fingerprint density at radius 3 is 2.79 bits per heavy atom. The fraction of sp³-hybridized carbons (Fsp3) is 0.579. The van der Waals surface area contributed by atoms with Crippen LogP contribution in [-0.4, -0.2) is 51.9 Å². The van der Waals surface area contributed by atoms with Crippen molar-refractivity contribution in [3.05, 3.63) is 40.7 Å². The van der Waals surface area contributed by atoms with Crippen LogP contribution < -0.4 is 10.6 Å². The first kappa shape index (κ1) is 19.3. The van der Waals surface area contributed by atoms with E-state index in [1.54, 1.807) is 0 Å². The van der Waals surface area contributed by atoms with E-state index in [2.05, 4.69) is 15.5 Å². The van der Waals surface area contributed by atoms with Gasteiger partial charge in [-0.2, -0.15) is 0 Å². The normalized spacial score (nSPS) is 26.2. The molecule has 0 aliphatic carbocycles. The van der Waals surface area contributed by atoms with Crippen LogP contribution in [-0.2, 0) is 16.1 Å². The summed E-state index contributed by atoms with van der Waals surface area (Å²) >= 11 is 6.57. The molecular weight excluding hydrogens is 380 g/mol. The number of hydrogen-bond donors (Lipinski definition) is 2. The number of carbonyl (C=O) groups is 1. The Bertz CT molecular complexity index is 814. The van der Waals surface area contributed by atoms with E-state index in [0.717, 1.165) is 56.8 Å². The standard InChI is InChI=1S/C19H25ClN6O2/c20-16-6-2-1-5-15(16)17(25-9-7-13(8-10-25)18(21)27)19-22-23-24-26(19)12-14-4-3-11-28-14/h1-2,5-6,13-14,17H,3-4,7-12H2,(H2,21,27)/p+1/t14-,17+/m0/s1. The van der Waals surface area contributed by atoms with Crippen molar-refractivity contribution in [3.8, 4) is 0 Å². The van der Waals surface area contributed by atoms with E-state index in [1.165, 1.54) is 4.90 Å². The number of rotatable bonds is 6. The topological polar surface area (TPSA) is 100 Å². The van der Waals surface area contributed by atoms with Crippen molar-refractivity contribution in [2.45, 2.75) is 44.4 Å².